The van der Waals surface area contributed by atoms with E-state index in [1.165, 1.54) is 26.4 Å². The van der Waals surface area contributed by atoms with Crippen molar-refractivity contribution in [3.8, 4) is 11.5 Å². The Morgan fingerprint density at radius 1 is 1.04 bits per heavy atom. The molecule has 0 atom stereocenters. The van der Waals surface area contributed by atoms with Crippen LogP contribution in [-0.4, -0.2) is 36.0 Å². The molecule has 3 aromatic rings. The van der Waals surface area contributed by atoms with Gasteiger partial charge in [-0.25, -0.2) is 4.98 Å². The third kappa shape index (κ3) is 3.55. The van der Waals surface area contributed by atoms with Gasteiger partial charge < -0.3 is 25.1 Å². The Hall–Kier alpha value is -3.26. The largest absolute Gasteiger partial charge is 0.495 e. The topological polar surface area (TPSA) is 105 Å². The van der Waals surface area contributed by atoms with E-state index >= 15 is 0 Å². The Balaban J connectivity index is 1.75. The summed E-state index contributed by atoms with van der Waals surface area (Å²) < 4.78 is 10.3. The van der Waals surface area contributed by atoms with Crippen LogP contribution < -0.4 is 20.1 Å². The number of methoxy groups -OCH3 is 2. The smallest absolute Gasteiger partial charge is 0.314 e. The zero-order valence-corrected chi connectivity index (χ0v) is 14.7. The van der Waals surface area contributed by atoms with E-state index in [1.54, 1.807) is 24.5 Å². The van der Waals surface area contributed by atoms with Crippen LogP contribution in [-0.2, 0) is 9.59 Å². The lowest BCUT2D eigenvalue weighted by molar-refractivity contribution is -0.133. The molecule has 0 spiro atoms. The first-order valence-electron chi connectivity index (χ1n) is 7.49. The van der Waals surface area contributed by atoms with Gasteiger partial charge in [0.2, 0.25) is 0 Å². The van der Waals surface area contributed by atoms with Crippen molar-refractivity contribution in [2.24, 2.45) is 0 Å². The number of ether oxygens (including phenoxy) is 2. The zero-order chi connectivity index (χ0) is 18.7. The Kier molecular flexibility index (Phi) is 4.94. The van der Waals surface area contributed by atoms with Crippen LogP contribution >= 0.6 is 11.6 Å². The van der Waals surface area contributed by atoms with Crippen LogP contribution in [0.2, 0.25) is 5.02 Å². The van der Waals surface area contributed by atoms with Gasteiger partial charge in [0.15, 0.2) is 0 Å². The van der Waals surface area contributed by atoms with E-state index in [2.05, 4.69) is 20.6 Å². The molecule has 0 fully saturated rings. The van der Waals surface area contributed by atoms with E-state index < -0.39 is 11.8 Å². The second-order valence-corrected chi connectivity index (χ2v) is 5.64. The number of hydrogen-bond acceptors (Lipinski definition) is 5. The third-order valence-electron chi connectivity index (χ3n) is 3.61. The fourth-order valence-electron chi connectivity index (χ4n) is 2.34. The fraction of sp³-hybridized carbons (Fsp3) is 0.118. The second kappa shape index (κ2) is 7.32. The highest BCUT2D eigenvalue weighted by Gasteiger charge is 2.18. The van der Waals surface area contributed by atoms with Gasteiger partial charge in [-0.1, -0.05) is 11.6 Å². The number of fused-ring (bicyclic) bond motifs is 1. The Morgan fingerprint density at radius 2 is 1.77 bits per heavy atom. The molecule has 3 N–H and O–H groups in total. The minimum absolute atomic E-state index is 0.262. The van der Waals surface area contributed by atoms with Crippen molar-refractivity contribution in [3.63, 3.8) is 0 Å². The van der Waals surface area contributed by atoms with Gasteiger partial charge in [0, 0.05) is 17.8 Å². The molecule has 0 bridgehead atoms. The number of benzene rings is 2. The standard InChI is InChI=1S/C17H15ClN4O4/c1-25-14-7-13(15(26-2)6-10(14)18)22-17(24)16(23)21-9-3-4-11-12(5-9)20-8-19-11/h3-8H,1-2H3,(H,19,20)(H,21,23)(H,22,24). The highest BCUT2D eigenvalue weighted by Crippen LogP contribution is 2.35. The van der Waals surface area contributed by atoms with Crippen molar-refractivity contribution < 1.29 is 19.1 Å². The van der Waals surface area contributed by atoms with E-state index in [-0.39, 0.29) is 5.69 Å². The van der Waals surface area contributed by atoms with Gasteiger partial charge in [0.1, 0.15) is 11.5 Å². The number of amides is 2. The van der Waals surface area contributed by atoms with Gasteiger partial charge >= 0.3 is 11.8 Å². The average Bonchev–Trinajstić information content (AvgIpc) is 3.10. The number of carbonyl (C=O) groups is 2. The number of halogens is 1. The molecular weight excluding hydrogens is 360 g/mol. The molecule has 0 saturated carbocycles. The summed E-state index contributed by atoms with van der Waals surface area (Å²) in [6, 6.07) is 8.02. The molecule has 2 amide bonds. The lowest BCUT2D eigenvalue weighted by Gasteiger charge is -2.13. The van der Waals surface area contributed by atoms with Crippen molar-refractivity contribution in [1.29, 1.82) is 0 Å². The number of hydrogen-bond donors (Lipinski definition) is 3. The first-order valence-corrected chi connectivity index (χ1v) is 7.86. The quantitative estimate of drug-likeness (QED) is 0.609. The minimum atomic E-state index is -0.864. The molecule has 134 valence electrons. The van der Waals surface area contributed by atoms with Crippen molar-refractivity contribution in [1.82, 2.24) is 9.97 Å². The molecular formula is C17H15ClN4O4. The van der Waals surface area contributed by atoms with E-state index in [9.17, 15) is 9.59 Å². The summed E-state index contributed by atoms with van der Waals surface area (Å²) >= 11 is 6.02. The Bertz CT molecular complexity index is 986. The highest BCUT2D eigenvalue weighted by molar-refractivity contribution is 6.44. The summed E-state index contributed by atoms with van der Waals surface area (Å²) in [6.07, 6.45) is 1.54. The predicted octanol–water partition coefficient (Wildman–Crippen LogP) is 2.81. The van der Waals surface area contributed by atoms with Gasteiger partial charge in [-0.2, -0.15) is 0 Å². The first kappa shape index (κ1) is 17.6. The molecule has 9 heteroatoms. The zero-order valence-electron chi connectivity index (χ0n) is 13.9. The third-order valence-corrected chi connectivity index (χ3v) is 3.90. The van der Waals surface area contributed by atoms with Crippen molar-refractivity contribution in [2.75, 3.05) is 24.9 Å². The van der Waals surface area contributed by atoms with Crippen LogP contribution in [0.25, 0.3) is 11.0 Å². The van der Waals surface area contributed by atoms with Gasteiger partial charge in [-0.3, -0.25) is 9.59 Å². The molecule has 0 saturated heterocycles. The number of rotatable bonds is 4. The fourth-order valence-corrected chi connectivity index (χ4v) is 2.57. The molecule has 0 unspecified atom stereocenters. The second-order valence-electron chi connectivity index (χ2n) is 5.23. The van der Waals surface area contributed by atoms with E-state index in [4.69, 9.17) is 21.1 Å². The van der Waals surface area contributed by atoms with Crippen LogP contribution in [0.3, 0.4) is 0 Å². The maximum Gasteiger partial charge on any atom is 0.314 e. The van der Waals surface area contributed by atoms with Crippen molar-refractivity contribution in [2.45, 2.75) is 0 Å². The van der Waals surface area contributed by atoms with Crippen LogP contribution in [0, 0.1) is 0 Å². The van der Waals surface area contributed by atoms with E-state index in [0.29, 0.717) is 22.2 Å². The normalized spacial score (nSPS) is 10.4. The molecule has 0 radical (unpaired) electrons. The minimum Gasteiger partial charge on any atom is -0.495 e. The Labute approximate surface area is 153 Å². The summed E-state index contributed by atoms with van der Waals surface area (Å²) in [6.45, 7) is 0. The number of aromatic nitrogens is 2. The Morgan fingerprint density at radius 3 is 2.50 bits per heavy atom. The van der Waals surface area contributed by atoms with Gasteiger partial charge in [-0.05, 0) is 18.2 Å². The summed E-state index contributed by atoms with van der Waals surface area (Å²) in [7, 11) is 2.87. The molecule has 0 aliphatic rings. The summed E-state index contributed by atoms with van der Waals surface area (Å²) in [5, 5.41) is 5.32. The number of anilines is 2. The van der Waals surface area contributed by atoms with Gasteiger partial charge in [-0.15, -0.1) is 0 Å². The lowest BCUT2D eigenvalue weighted by Crippen LogP contribution is -2.29. The molecule has 1 aromatic heterocycles. The van der Waals surface area contributed by atoms with Crippen LogP contribution in [0.5, 0.6) is 11.5 Å². The number of nitrogens with one attached hydrogen (secondary N) is 3. The number of imidazole rings is 1. The molecule has 26 heavy (non-hydrogen) atoms. The lowest BCUT2D eigenvalue weighted by atomic mass is 10.2. The van der Waals surface area contributed by atoms with E-state index in [1.807, 2.05) is 0 Å². The summed E-state index contributed by atoms with van der Waals surface area (Å²) in [5.41, 5.74) is 2.22. The summed E-state index contributed by atoms with van der Waals surface area (Å²) in [5.74, 6) is -1.05. The number of carbonyl (C=O) groups excluding carboxylic acids is 2. The summed E-state index contributed by atoms with van der Waals surface area (Å²) in [4.78, 5) is 31.4. The molecule has 3 rings (SSSR count). The highest BCUT2D eigenvalue weighted by atomic mass is 35.5. The van der Waals surface area contributed by atoms with Gasteiger partial charge in [0.25, 0.3) is 0 Å². The van der Waals surface area contributed by atoms with Crippen LogP contribution in [0.4, 0.5) is 11.4 Å². The molecule has 0 aliphatic carbocycles. The molecule has 2 aromatic carbocycles. The maximum absolute atomic E-state index is 12.2. The number of nitrogens with zero attached hydrogens (tertiary/aromatic N) is 1. The number of aromatic amines is 1. The van der Waals surface area contributed by atoms with Crippen LogP contribution in [0.1, 0.15) is 0 Å². The van der Waals surface area contributed by atoms with Crippen LogP contribution in [0.15, 0.2) is 36.7 Å². The average molecular weight is 375 g/mol. The van der Waals surface area contributed by atoms with Crippen molar-refractivity contribution >= 4 is 45.8 Å². The maximum atomic E-state index is 12.2. The number of H-pyrrole nitrogens is 1. The molecule has 8 nitrogen and oxygen atoms in total. The van der Waals surface area contributed by atoms with Crippen molar-refractivity contribution in [3.05, 3.63) is 41.7 Å². The SMILES string of the molecule is COc1cc(NC(=O)C(=O)Nc2ccc3nc[nH]c3c2)c(OC)cc1Cl. The van der Waals surface area contributed by atoms with E-state index in [0.717, 1.165) is 11.0 Å². The van der Waals surface area contributed by atoms with Gasteiger partial charge in [0.05, 0.1) is 42.3 Å². The predicted molar refractivity (Wildman–Crippen MR) is 97.9 cm³/mol. The molecule has 0 aliphatic heterocycles. The first-order chi connectivity index (χ1) is 12.5. The molecule has 1 heterocycles. The monoisotopic (exact) mass is 374 g/mol.